The number of ether oxygens (including phenoxy) is 1. The van der Waals surface area contributed by atoms with Crippen molar-refractivity contribution in [3.8, 4) is 11.5 Å². The lowest BCUT2D eigenvalue weighted by Gasteiger charge is -2.09. The highest BCUT2D eigenvalue weighted by Crippen LogP contribution is 2.40. The Hall–Kier alpha value is -3.26. The van der Waals surface area contributed by atoms with E-state index in [1.54, 1.807) is 0 Å². The Morgan fingerprint density at radius 3 is 2.07 bits per heavy atom. The second-order valence-corrected chi connectivity index (χ2v) is 8.81. The Kier molecular flexibility index (Phi) is 5.38. The van der Waals surface area contributed by atoms with Gasteiger partial charge >= 0.3 is 0 Å². The Labute approximate surface area is 170 Å². The van der Waals surface area contributed by atoms with Crippen molar-refractivity contribution in [3.63, 3.8) is 0 Å². The van der Waals surface area contributed by atoms with Gasteiger partial charge in [0.2, 0.25) is 0 Å². The van der Waals surface area contributed by atoms with Crippen LogP contribution in [0.3, 0.4) is 0 Å². The van der Waals surface area contributed by atoms with E-state index in [9.17, 15) is 31.0 Å². The minimum Gasteiger partial charge on any atom is -0.505 e. The first-order valence-corrected chi connectivity index (χ1v) is 10.9. The number of rotatable bonds is 5. The van der Waals surface area contributed by atoms with Crippen LogP contribution in [0.1, 0.15) is 0 Å². The zero-order chi connectivity index (χ0) is 22.3. The number of aromatic hydroxyl groups is 1. The number of azo groups is 1. The standard InChI is InChI=1S/C17H15N3O8S2/c1-28-11-3-5-12(14(8-11)29(22,23)24)19-20-13-4-2-9-6-10(18)7-15(30(25,26)27)16(9)17(13)21/h2-8,21H,18H2,1H3,(H,22,23,24)(H,25,26,27). The molecule has 0 aliphatic carbocycles. The van der Waals surface area contributed by atoms with E-state index in [4.69, 9.17) is 10.5 Å². The summed E-state index contributed by atoms with van der Waals surface area (Å²) in [6.07, 6.45) is 0. The van der Waals surface area contributed by atoms with Crippen molar-refractivity contribution >= 4 is 48.1 Å². The molecule has 0 unspecified atom stereocenters. The first-order chi connectivity index (χ1) is 13.9. The minimum atomic E-state index is -4.73. The van der Waals surface area contributed by atoms with Gasteiger partial charge in [0.1, 0.15) is 26.9 Å². The molecule has 5 N–H and O–H groups in total. The van der Waals surface area contributed by atoms with Gasteiger partial charge in [0, 0.05) is 17.1 Å². The second kappa shape index (κ2) is 7.53. The molecule has 3 rings (SSSR count). The summed E-state index contributed by atoms with van der Waals surface area (Å²) in [5.74, 6) is -0.490. The SMILES string of the molecule is COc1ccc(N=Nc2ccc3cc(N)cc(S(=O)(=O)O)c3c2O)c(S(=O)(=O)O)c1. The first-order valence-electron chi connectivity index (χ1n) is 8.02. The molecule has 0 saturated carbocycles. The fraction of sp³-hybridized carbons (Fsp3) is 0.0588. The Balaban J connectivity index is 2.20. The van der Waals surface area contributed by atoms with Crippen LogP contribution in [0.15, 0.2) is 62.5 Å². The third-order valence-electron chi connectivity index (χ3n) is 4.04. The molecule has 13 heteroatoms. The molecule has 0 aliphatic rings. The van der Waals surface area contributed by atoms with Crippen LogP contribution < -0.4 is 10.5 Å². The summed E-state index contributed by atoms with van der Waals surface area (Å²) >= 11 is 0. The lowest BCUT2D eigenvalue weighted by molar-refractivity contribution is 0.412. The van der Waals surface area contributed by atoms with Gasteiger partial charge in [0.25, 0.3) is 20.2 Å². The summed E-state index contributed by atoms with van der Waals surface area (Å²) in [4.78, 5) is -1.22. The number of anilines is 1. The molecular formula is C17H15N3O8S2. The van der Waals surface area contributed by atoms with Crippen molar-refractivity contribution < 1.29 is 35.8 Å². The quantitative estimate of drug-likeness (QED) is 0.255. The smallest absolute Gasteiger partial charge is 0.296 e. The normalized spacial score (nSPS) is 12.5. The Bertz CT molecular complexity index is 1400. The van der Waals surface area contributed by atoms with Crippen molar-refractivity contribution in [3.05, 3.63) is 42.5 Å². The average molecular weight is 453 g/mol. The summed E-state index contributed by atoms with van der Waals surface area (Å²) in [5, 5.41) is 18.0. The molecule has 0 radical (unpaired) electrons. The van der Waals surface area contributed by atoms with Gasteiger partial charge in [-0.2, -0.15) is 16.8 Å². The molecule has 0 bridgehead atoms. The molecule has 0 saturated heterocycles. The van der Waals surface area contributed by atoms with Gasteiger partial charge in [-0.15, -0.1) is 10.2 Å². The van der Waals surface area contributed by atoms with Crippen LogP contribution >= 0.6 is 0 Å². The highest BCUT2D eigenvalue weighted by Gasteiger charge is 2.21. The third kappa shape index (κ3) is 4.18. The van der Waals surface area contributed by atoms with Crippen LogP contribution in [0.2, 0.25) is 0 Å². The van der Waals surface area contributed by atoms with Crippen LogP contribution in [0, 0.1) is 0 Å². The van der Waals surface area contributed by atoms with Crippen LogP contribution in [0.25, 0.3) is 10.8 Å². The van der Waals surface area contributed by atoms with E-state index in [-0.39, 0.29) is 33.6 Å². The van der Waals surface area contributed by atoms with Gasteiger partial charge in [-0.05, 0) is 35.7 Å². The average Bonchev–Trinajstić information content (AvgIpc) is 2.65. The maximum atomic E-state index is 11.7. The van der Waals surface area contributed by atoms with Gasteiger partial charge < -0.3 is 15.6 Å². The monoisotopic (exact) mass is 453 g/mol. The second-order valence-electron chi connectivity index (χ2n) is 6.03. The van der Waals surface area contributed by atoms with E-state index < -0.39 is 35.8 Å². The van der Waals surface area contributed by atoms with Crippen molar-refractivity contribution in [2.75, 3.05) is 12.8 Å². The summed E-state index contributed by atoms with van der Waals surface area (Å²) < 4.78 is 70.3. The molecule has 0 fully saturated rings. The molecule has 0 aliphatic heterocycles. The summed E-state index contributed by atoms with van der Waals surface area (Å²) in [6, 6.07) is 8.64. The molecule has 0 atom stereocenters. The van der Waals surface area contributed by atoms with Gasteiger partial charge in [-0.1, -0.05) is 6.07 Å². The molecule has 158 valence electrons. The van der Waals surface area contributed by atoms with E-state index in [1.807, 2.05) is 0 Å². The Morgan fingerprint density at radius 1 is 0.867 bits per heavy atom. The number of hydrogen-bond donors (Lipinski definition) is 4. The number of benzene rings is 3. The molecule has 0 heterocycles. The lowest BCUT2D eigenvalue weighted by atomic mass is 10.1. The highest BCUT2D eigenvalue weighted by atomic mass is 32.2. The maximum Gasteiger partial charge on any atom is 0.296 e. The summed E-state index contributed by atoms with van der Waals surface area (Å²) in [7, 11) is -8.10. The zero-order valence-corrected chi connectivity index (χ0v) is 16.8. The molecule has 0 amide bonds. The predicted octanol–water partition coefficient (Wildman–Crippen LogP) is 3.04. The van der Waals surface area contributed by atoms with Crippen molar-refractivity contribution in [2.45, 2.75) is 9.79 Å². The number of nitrogens with two attached hydrogens (primary N) is 1. The summed E-state index contributed by atoms with van der Waals surface area (Å²) in [6.45, 7) is 0. The highest BCUT2D eigenvalue weighted by molar-refractivity contribution is 7.86. The van der Waals surface area contributed by atoms with Crippen LogP contribution in [0.5, 0.6) is 11.5 Å². The van der Waals surface area contributed by atoms with Gasteiger partial charge in [0.05, 0.1) is 7.11 Å². The van der Waals surface area contributed by atoms with Crippen molar-refractivity contribution in [2.24, 2.45) is 10.2 Å². The molecule has 11 nitrogen and oxygen atoms in total. The van der Waals surface area contributed by atoms with Crippen molar-refractivity contribution in [1.29, 1.82) is 0 Å². The number of methoxy groups -OCH3 is 1. The number of nitrogens with zero attached hydrogens (tertiary/aromatic N) is 2. The maximum absolute atomic E-state index is 11.7. The molecular weight excluding hydrogens is 438 g/mol. The topological polar surface area (TPSA) is 189 Å². The van der Waals surface area contributed by atoms with E-state index in [0.29, 0.717) is 0 Å². The van der Waals surface area contributed by atoms with Crippen LogP contribution in [-0.4, -0.2) is 38.2 Å². The minimum absolute atomic E-state index is 0.0416. The molecule has 0 spiro atoms. The lowest BCUT2D eigenvalue weighted by Crippen LogP contribution is -2.01. The number of phenols is 1. The largest absolute Gasteiger partial charge is 0.505 e. The Morgan fingerprint density at radius 2 is 1.47 bits per heavy atom. The van der Waals surface area contributed by atoms with E-state index in [2.05, 4.69) is 10.2 Å². The third-order valence-corrected chi connectivity index (χ3v) is 5.80. The van der Waals surface area contributed by atoms with Crippen LogP contribution in [-0.2, 0) is 20.2 Å². The van der Waals surface area contributed by atoms with Crippen LogP contribution in [0.4, 0.5) is 17.1 Å². The molecule has 30 heavy (non-hydrogen) atoms. The number of hydrogen-bond acceptors (Lipinski definition) is 9. The number of phenolic OH excluding ortho intramolecular Hbond substituents is 1. The van der Waals surface area contributed by atoms with E-state index >= 15 is 0 Å². The fourth-order valence-electron chi connectivity index (χ4n) is 2.72. The molecule has 0 aromatic heterocycles. The first kappa shape index (κ1) is 21.4. The molecule has 3 aromatic rings. The fourth-order valence-corrected chi connectivity index (χ4v) is 4.12. The zero-order valence-electron chi connectivity index (χ0n) is 15.2. The van der Waals surface area contributed by atoms with E-state index in [0.717, 1.165) is 12.1 Å². The van der Waals surface area contributed by atoms with E-state index in [1.165, 1.54) is 37.4 Å². The summed E-state index contributed by atoms with van der Waals surface area (Å²) in [5.41, 5.74) is 5.19. The number of nitrogen functional groups attached to an aromatic ring is 1. The van der Waals surface area contributed by atoms with Crippen molar-refractivity contribution in [1.82, 2.24) is 0 Å². The van der Waals surface area contributed by atoms with Gasteiger partial charge in [-0.3, -0.25) is 9.11 Å². The number of fused-ring (bicyclic) bond motifs is 1. The van der Waals surface area contributed by atoms with Gasteiger partial charge in [-0.25, -0.2) is 0 Å². The van der Waals surface area contributed by atoms with Gasteiger partial charge in [0.15, 0.2) is 5.75 Å². The predicted molar refractivity (Wildman–Crippen MR) is 107 cm³/mol. The molecule has 3 aromatic carbocycles.